The second-order valence-electron chi connectivity index (χ2n) is 2.89. The van der Waals surface area contributed by atoms with Crippen molar-refractivity contribution in [3.8, 4) is 0 Å². The Morgan fingerprint density at radius 3 is 3.25 bits per heavy atom. The van der Waals surface area contributed by atoms with Crippen LogP contribution < -0.4 is 5.32 Å². The number of hydrogen-bond donors (Lipinski definition) is 1. The summed E-state index contributed by atoms with van der Waals surface area (Å²) in [6, 6.07) is 0.696. The fraction of sp³-hybridized carbons (Fsp3) is 0.625. The maximum absolute atomic E-state index is 4.08. The van der Waals surface area contributed by atoms with Gasteiger partial charge >= 0.3 is 0 Å². The van der Waals surface area contributed by atoms with Gasteiger partial charge in [-0.05, 0) is 6.42 Å². The smallest absolute Gasteiger partial charge is 0.0901 e. The summed E-state index contributed by atoms with van der Waals surface area (Å²) >= 11 is 3.73. The summed E-state index contributed by atoms with van der Waals surface area (Å²) in [5.41, 5.74) is 1.90. The number of nitrogens with zero attached hydrogens (tertiary/aromatic N) is 1. The molecule has 2 atom stereocenters. The van der Waals surface area contributed by atoms with Crippen molar-refractivity contribution < 1.29 is 0 Å². The minimum Gasteiger partial charge on any atom is -0.297 e. The zero-order valence-corrected chi connectivity index (χ0v) is 8.62. The van der Waals surface area contributed by atoms with E-state index in [2.05, 4.69) is 17.2 Å². The van der Waals surface area contributed by atoms with Crippen LogP contribution in [0, 0.1) is 0 Å². The first-order chi connectivity index (χ1) is 5.90. The van der Waals surface area contributed by atoms with Crippen LogP contribution in [0.1, 0.15) is 23.6 Å². The third-order valence-corrected chi connectivity index (χ3v) is 4.36. The summed E-state index contributed by atoms with van der Waals surface area (Å²) in [6.45, 7) is 2.23. The van der Waals surface area contributed by atoms with Crippen LogP contribution in [-0.2, 0) is 0 Å². The van der Waals surface area contributed by atoms with Gasteiger partial charge in [-0.3, -0.25) is 10.3 Å². The Morgan fingerprint density at radius 1 is 1.75 bits per heavy atom. The van der Waals surface area contributed by atoms with Gasteiger partial charge in [-0.1, -0.05) is 6.92 Å². The molecule has 1 aromatic heterocycles. The minimum absolute atomic E-state index is 0.502. The number of hydrogen-bond acceptors (Lipinski definition) is 4. The summed E-state index contributed by atoms with van der Waals surface area (Å²) in [6.07, 6.45) is 3.19. The van der Waals surface area contributed by atoms with Gasteiger partial charge < -0.3 is 0 Å². The van der Waals surface area contributed by atoms with Crippen molar-refractivity contribution in [1.29, 1.82) is 0 Å². The van der Waals surface area contributed by atoms with Crippen LogP contribution in [0.2, 0.25) is 0 Å². The molecule has 0 radical (unpaired) electrons. The molecule has 1 fully saturated rings. The quantitative estimate of drug-likeness (QED) is 0.792. The lowest BCUT2D eigenvalue weighted by Gasteiger charge is -2.08. The van der Waals surface area contributed by atoms with Crippen molar-refractivity contribution >= 4 is 23.1 Å². The Hall–Kier alpha value is -0.0600. The van der Waals surface area contributed by atoms with Crippen molar-refractivity contribution in [3.05, 3.63) is 16.6 Å². The first kappa shape index (κ1) is 8.53. The fourth-order valence-electron chi connectivity index (χ4n) is 1.28. The van der Waals surface area contributed by atoms with Gasteiger partial charge in [0.05, 0.1) is 15.8 Å². The van der Waals surface area contributed by atoms with Crippen molar-refractivity contribution in [1.82, 2.24) is 10.3 Å². The number of nitrogens with one attached hydrogen (secondary N) is 1. The van der Waals surface area contributed by atoms with Crippen molar-refractivity contribution in [3.63, 3.8) is 0 Å². The molecule has 0 saturated carbocycles. The molecule has 2 unspecified atom stereocenters. The van der Waals surface area contributed by atoms with E-state index in [-0.39, 0.29) is 0 Å². The molecule has 4 heteroatoms. The highest BCUT2D eigenvalue weighted by Crippen LogP contribution is 2.34. The van der Waals surface area contributed by atoms with E-state index in [4.69, 9.17) is 0 Å². The van der Waals surface area contributed by atoms with Crippen LogP contribution in [0.25, 0.3) is 0 Å². The average Bonchev–Trinajstić information content (AvgIpc) is 2.75. The molecule has 0 amide bonds. The summed E-state index contributed by atoms with van der Waals surface area (Å²) in [5.74, 6) is 1.24. The zero-order valence-electron chi connectivity index (χ0n) is 6.99. The highest BCUT2D eigenvalue weighted by atomic mass is 32.2. The summed E-state index contributed by atoms with van der Waals surface area (Å²) < 4.78 is 0. The average molecular weight is 200 g/mol. The van der Waals surface area contributed by atoms with Crippen LogP contribution in [0.5, 0.6) is 0 Å². The molecule has 0 aromatic carbocycles. The van der Waals surface area contributed by atoms with Gasteiger partial charge in [-0.2, -0.15) is 0 Å². The van der Waals surface area contributed by atoms with E-state index in [9.17, 15) is 0 Å². The molecule has 0 bridgehead atoms. The van der Waals surface area contributed by atoms with Gasteiger partial charge in [0.2, 0.25) is 0 Å². The molecule has 66 valence electrons. The Bertz CT molecular complexity index is 235. The molecule has 1 aliphatic heterocycles. The van der Waals surface area contributed by atoms with Crippen molar-refractivity contribution in [2.45, 2.75) is 24.8 Å². The van der Waals surface area contributed by atoms with Gasteiger partial charge in [-0.25, -0.2) is 0 Å². The van der Waals surface area contributed by atoms with Crippen LogP contribution in [0.15, 0.2) is 11.7 Å². The van der Waals surface area contributed by atoms with E-state index in [0.717, 1.165) is 0 Å². The summed E-state index contributed by atoms with van der Waals surface area (Å²) in [7, 11) is 0. The third-order valence-electron chi connectivity index (χ3n) is 2.05. The lowest BCUT2D eigenvalue weighted by Crippen LogP contribution is -2.24. The van der Waals surface area contributed by atoms with E-state index in [1.165, 1.54) is 17.1 Å². The Kier molecular flexibility index (Phi) is 2.68. The monoisotopic (exact) mass is 200 g/mol. The number of rotatable bonds is 2. The number of thiazole rings is 1. The van der Waals surface area contributed by atoms with Gasteiger partial charge in [0.25, 0.3) is 0 Å². The zero-order chi connectivity index (χ0) is 8.39. The molecule has 2 nitrogen and oxygen atoms in total. The molecule has 1 saturated heterocycles. The lowest BCUT2D eigenvalue weighted by molar-refractivity contribution is 0.564. The van der Waals surface area contributed by atoms with E-state index < -0.39 is 0 Å². The first-order valence-corrected chi connectivity index (χ1v) is 6.09. The van der Waals surface area contributed by atoms with Crippen LogP contribution >= 0.6 is 23.1 Å². The molecule has 1 aromatic rings. The largest absolute Gasteiger partial charge is 0.297 e. The van der Waals surface area contributed by atoms with Crippen molar-refractivity contribution in [2.24, 2.45) is 0 Å². The SMILES string of the molecule is CCC1CSC(c2cncs2)N1. The molecule has 12 heavy (non-hydrogen) atoms. The third kappa shape index (κ3) is 1.65. The van der Waals surface area contributed by atoms with Crippen LogP contribution in [0.4, 0.5) is 0 Å². The number of aromatic nitrogens is 1. The minimum atomic E-state index is 0.502. The topological polar surface area (TPSA) is 24.9 Å². The highest BCUT2D eigenvalue weighted by molar-refractivity contribution is 7.99. The molecule has 0 spiro atoms. The summed E-state index contributed by atoms with van der Waals surface area (Å²) in [5, 5.41) is 4.08. The Morgan fingerprint density at radius 2 is 2.67 bits per heavy atom. The molecule has 2 heterocycles. The van der Waals surface area contributed by atoms with Crippen LogP contribution in [0.3, 0.4) is 0 Å². The van der Waals surface area contributed by atoms with Gasteiger partial charge in [0.15, 0.2) is 0 Å². The second kappa shape index (κ2) is 3.77. The molecule has 1 N–H and O–H groups in total. The second-order valence-corrected chi connectivity index (χ2v) is 4.95. The molecule has 0 aliphatic carbocycles. The normalized spacial score (nSPS) is 29.4. The molecule has 2 rings (SSSR count). The van der Waals surface area contributed by atoms with E-state index in [1.807, 2.05) is 23.5 Å². The van der Waals surface area contributed by atoms with Crippen LogP contribution in [-0.4, -0.2) is 16.8 Å². The predicted octanol–water partition coefficient (Wildman–Crippen LogP) is 2.26. The van der Waals surface area contributed by atoms with Crippen molar-refractivity contribution in [2.75, 3.05) is 5.75 Å². The van der Waals surface area contributed by atoms with Gasteiger partial charge in [0, 0.05) is 18.0 Å². The predicted molar refractivity (Wildman–Crippen MR) is 54.5 cm³/mol. The number of thioether (sulfide) groups is 1. The first-order valence-electron chi connectivity index (χ1n) is 4.16. The maximum Gasteiger partial charge on any atom is 0.0901 e. The van der Waals surface area contributed by atoms with E-state index >= 15 is 0 Å². The van der Waals surface area contributed by atoms with E-state index in [1.54, 1.807) is 11.3 Å². The summed E-state index contributed by atoms with van der Waals surface area (Å²) in [4.78, 5) is 5.44. The highest BCUT2D eigenvalue weighted by Gasteiger charge is 2.24. The van der Waals surface area contributed by atoms with Gasteiger partial charge in [-0.15, -0.1) is 23.1 Å². The molecular formula is C8H12N2S2. The van der Waals surface area contributed by atoms with Gasteiger partial charge in [0.1, 0.15) is 0 Å². The molecular weight excluding hydrogens is 188 g/mol. The Balaban J connectivity index is 2.00. The fourth-order valence-corrected chi connectivity index (χ4v) is 3.48. The van der Waals surface area contributed by atoms with E-state index in [0.29, 0.717) is 11.4 Å². The standard InChI is InChI=1S/C8H12N2S2/c1-2-6-4-11-8(10-6)7-3-9-5-12-7/h3,5-6,8,10H,2,4H2,1H3. The Labute approximate surface area is 80.8 Å². The molecule has 1 aliphatic rings. The lowest BCUT2D eigenvalue weighted by atomic mass is 10.2. The maximum atomic E-state index is 4.08.